The predicted molar refractivity (Wildman–Crippen MR) is 123 cm³/mol. The second-order valence-corrected chi connectivity index (χ2v) is 20.7. The van der Waals surface area contributed by atoms with E-state index in [0.29, 0.717) is 17.6 Å². The zero-order valence-electron chi connectivity index (χ0n) is 18.1. The summed E-state index contributed by atoms with van der Waals surface area (Å²) >= 11 is -1.78. The third kappa shape index (κ3) is 4.01. The SMILES string of the molecule is C[CH2][Ge]([CH2]C)([CH2]C)[CH2][C@@H]1C[C@@](C(=O)c2ccccc2)(c2ccccc2)C[C@H]1C. The zero-order valence-corrected chi connectivity index (χ0v) is 20.2. The van der Waals surface area contributed by atoms with Crippen molar-refractivity contribution in [1.82, 2.24) is 0 Å². The van der Waals surface area contributed by atoms with E-state index in [2.05, 4.69) is 58.0 Å². The molecule has 0 aliphatic heterocycles. The summed E-state index contributed by atoms with van der Waals surface area (Å²) in [4.78, 5) is 13.9. The minimum absolute atomic E-state index is 0.330. The Morgan fingerprint density at radius 1 is 0.893 bits per heavy atom. The fourth-order valence-corrected chi connectivity index (χ4v) is 14.1. The summed E-state index contributed by atoms with van der Waals surface area (Å²) in [6.07, 6.45) is 2.02. The molecule has 1 aliphatic rings. The van der Waals surface area contributed by atoms with Crippen LogP contribution in [0.3, 0.4) is 0 Å². The number of hydrogen-bond acceptors (Lipinski definition) is 1. The van der Waals surface area contributed by atoms with Crippen molar-refractivity contribution in [2.75, 3.05) is 0 Å². The molecule has 28 heavy (non-hydrogen) atoms. The van der Waals surface area contributed by atoms with Crippen molar-refractivity contribution in [2.45, 2.75) is 67.0 Å². The molecule has 0 radical (unpaired) electrons. The molecule has 1 saturated carbocycles. The van der Waals surface area contributed by atoms with E-state index < -0.39 is 13.3 Å². The van der Waals surface area contributed by atoms with Crippen LogP contribution in [0.1, 0.15) is 56.5 Å². The van der Waals surface area contributed by atoms with E-state index in [-0.39, 0.29) is 5.41 Å². The summed E-state index contributed by atoms with van der Waals surface area (Å²) in [5, 5.41) is 5.69. The van der Waals surface area contributed by atoms with Gasteiger partial charge in [-0.2, -0.15) is 0 Å². The molecule has 2 heteroatoms. The van der Waals surface area contributed by atoms with Gasteiger partial charge in [0.25, 0.3) is 0 Å². The molecule has 0 bridgehead atoms. The van der Waals surface area contributed by atoms with Crippen molar-refractivity contribution in [3.63, 3.8) is 0 Å². The van der Waals surface area contributed by atoms with Crippen LogP contribution in [0.4, 0.5) is 0 Å². The van der Waals surface area contributed by atoms with Gasteiger partial charge in [0.2, 0.25) is 0 Å². The summed E-state index contributed by atoms with van der Waals surface area (Å²) in [7, 11) is 0. The van der Waals surface area contributed by atoms with E-state index in [9.17, 15) is 4.79 Å². The molecule has 3 atom stereocenters. The number of Topliss-reactive ketones (excluding diaryl/α,β-unsaturated/α-hetero) is 1. The molecule has 1 fully saturated rings. The molecular formula is C26H36GeO. The third-order valence-corrected chi connectivity index (χ3v) is 20.2. The minimum atomic E-state index is -1.78. The number of carbonyl (C=O) groups is 1. The molecule has 2 aromatic carbocycles. The van der Waals surface area contributed by atoms with Gasteiger partial charge in [0.1, 0.15) is 0 Å². The Labute approximate surface area is 174 Å². The molecule has 1 nitrogen and oxygen atoms in total. The molecule has 0 N–H and O–H groups in total. The van der Waals surface area contributed by atoms with E-state index in [1.54, 1.807) is 0 Å². The molecular weight excluding hydrogens is 401 g/mol. The van der Waals surface area contributed by atoms with Crippen LogP contribution < -0.4 is 0 Å². The van der Waals surface area contributed by atoms with Gasteiger partial charge in [-0.05, 0) is 0 Å². The van der Waals surface area contributed by atoms with Crippen molar-refractivity contribution >= 4 is 19.0 Å². The van der Waals surface area contributed by atoms with Crippen molar-refractivity contribution in [1.29, 1.82) is 0 Å². The Bertz CT molecular complexity index is 757. The second-order valence-electron chi connectivity index (χ2n) is 9.05. The quantitative estimate of drug-likeness (QED) is 0.312. The Hall–Kier alpha value is -1.35. The van der Waals surface area contributed by atoms with Crippen LogP contribution in [0.5, 0.6) is 0 Å². The summed E-state index contributed by atoms with van der Waals surface area (Å²) < 4.78 is 0. The Morgan fingerprint density at radius 3 is 1.96 bits per heavy atom. The van der Waals surface area contributed by atoms with Gasteiger partial charge in [-0.25, -0.2) is 0 Å². The molecule has 3 rings (SSSR count). The van der Waals surface area contributed by atoms with Gasteiger partial charge in [0.05, 0.1) is 0 Å². The Balaban J connectivity index is 1.99. The van der Waals surface area contributed by atoms with E-state index in [0.717, 1.165) is 18.4 Å². The van der Waals surface area contributed by atoms with E-state index in [4.69, 9.17) is 0 Å². The van der Waals surface area contributed by atoms with Crippen molar-refractivity contribution in [3.05, 3.63) is 71.8 Å². The van der Waals surface area contributed by atoms with Crippen LogP contribution in [-0.4, -0.2) is 19.0 Å². The fraction of sp³-hybridized carbons (Fsp3) is 0.500. The summed E-state index contributed by atoms with van der Waals surface area (Å²) in [5.74, 6) is 1.63. The van der Waals surface area contributed by atoms with Gasteiger partial charge >= 0.3 is 174 Å². The van der Waals surface area contributed by atoms with Crippen LogP contribution in [0.15, 0.2) is 60.7 Å². The van der Waals surface area contributed by atoms with Crippen LogP contribution in [0, 0.1) is 11.8 Å². The average Bonchev–Trinajstić information content (AvgIpc) is 3.09. The van der Waals surface area contributed by atoms with Gasteiger partial charge in [0.15, 0.2) is 0 Å². The van der Waals surface area contributed by atoms with Gasteiger partial charge in [-0.3, -0.25) is 0 Å². The maximum atomic E-state index is 13.9. The molecule has 0 amide bonds. The third-order valence-electron chi connectivity index (χ3n) is 7.83. The fourth-order valence-electron chi connectivity index (χ4n) is 5.64. The van der Waals surface area contributed by atoms with Crippen molar-refractivity contribution in [3.8, 4) is 0 Å². The maximum absolute atomic E-state index is 13.9. The Morgan fingerprint density at radius 2 is 1.43 bits per heavy atom. The topological polar surface area (TPSA) is 17.1 Å². The predicted octanol–water partition coefficient (Wildman–Crippen LogP) is 7.36. The number of hydrogen-bond donors (Lipinski definition) is 0. The van der Waals surface area contributed by atoms with Gasteiger partial charge < -0.3 is 0 Å². The van der Waals surface area contributed by atoms with Crippen LogP contribution >= 0.6 is 0 Å². The molecule has 150 valence electrons. The molecule has 2 aromatic rings. The normalized spacial score (nSPS) is 25.0. The number of ketones is 1. The van der Waals surface area contributed by atoms with E-state index >= 15 is 0 Å². The first-order valence-corrected chi connectivity index (χ1v) is 17.1. The number of benzene rings is 2. The average molecular weight is 437 g/mol. The first-order chi connectivity index (χ1) is 13.5. The van der Waals surface area contributed by atoms with Crippen molar-refractivity contribution in [2.24, 2.45) is 11.8 Å². The Kier molecular flexibility index (Phi) is 6.86. The van der Waals surface area contributed by atoms with Crippen LogP contribution in [0.2, 0.25) is 21.0 Å². The van der Waals surface area contributed by atoms with Crippen LogP contribution in [0.25, 0.3) is 0 Å². The standard InChI is InChI=1S/C26H36GeO/c1-5-27(6-2,7-3)20-23-19-26(18-21(23)4,24-16-12-9-13-17-24)25(28)22-14-10-8-11-15-22/h8-17,21,23H,5-7,18-20H2,1-4H3/t21-,23+,26-/m1/s1. The first-order valence-electron chi connectivity index (χ1n) is 11.2. The van der Waals surface area contributed by atoms with Crippen LogP contribution in [-0.2, 0) is 5.41 Å². The molecule has 1 aliphatic carbocycles. The molecule has 0 heterocycles. The summed E-state index contributed by atoms with van der Waals surface area (Å²) in [6.45, 7) is 9.67. The number of rotatable bonds is 8. The molecule has 0 aromatic heterocycles. The first kappa shape index (κ1) is 21.4. The van der Waals surface area contributed by atoms with Gasteiger partial charge in [0, 0.05) is 0 Å². The van der Waals surface area contributed by atoms with E-state index in [1.807, 2.05) is 30.3 Å². The summed E-state index contributed by atoms with van der Waals surface area (Å²) in [6, 6.07) is 20.6. The van der Waals surface area contributed by atoms with E-state index in [1.165, 1.54) is 26.6 Å². The molecule has 0 unspecified atom stereocenters. The van der Waals surface area contributed by atoms with Gasteiger partial charge in [-0.15, -0.1) is 0 Å². The monoisotopic (exact) mass is 438 g/mol. The second kappa shape index (κ2) is 8.99. The van der Waals surface area contributed by atoms with Gasteiger partial charge in [-0.1, -0.05) is 0 Å². The number of carbonyl (C=O) groups excluding carboxylic acids is 1. The van der Waals surface area contributed by atoms with Crippen molar-refractivity contribution < 1.29 is 4.79 Å². The summed E-state index contributed by atoms with van der Waals surface area (Å²) in [5.41, 5.74) is 1.74. The zero-order chi connectivity index (χ0) is 20.2. The molecule has 0 saturated heterocycles. The molecule has 0 spiro atoms.